The average Bonchev–Trinajstić information content (AvgIpc) is 1.58. The first kappa shape index (κ1) is 71.0. The van der Waals surface area contributed by atoms with Gasteiger partial charge in [-0.25, -0.2) is 0 Å². The minimum atomic E-state index is 0. The van der Waals surface area contributed by atoms with Crippen molar-refractivity contribution in [3.05, 3.63) is 50.9 Å². The van der Waals surface area contributed by atoms with Crippen molar-refractivity contribution in [1.82, 2.24) is 45.3 Å². The summed E-state index contributed by atoms with van der Waals surface area (Å²) in [5.41, 5.74) is 12.0. The zero-order valence-corrected chi connectivity index (χ0v) is 63.4. The van der Waals surface area contributed by atoms with Crippen LogP contribution in [0.15, 0.2) is 0 Å². The first-order chi connectivity index (χ1) is 46.0. The van der Waals surface area contributed by atoms with Gasteiger partial charge in [-0.1, -0.05) is 148 Å². The third-order valence-electron chi connectivity index (χ3n) is 31.2. The molecular weight excluding hydrogens is 1210 g/mol. The van der Waals surface area contributed by atoms with E-state index in [-0.39, 0.29) is 69.8 Å². The van der Waals surface area contributed by atoms with E-state index >= 15 is 0 Å². The summed E-state index contributed by atoms with van der Waals surface area (Å²) in [5.74, 6) is 8.13. The maximum absolute atomic E-state index is 13.9. The van der Waals surface area contributed by atoms with E-state index in [2.05, 4.69) is 120 Å². The highest BCUT2D eigenvalue weighted by Gasteiger charge is 2.61. The molecule has 19 rings (SSSR count). The van der Waals surface area contributed by atoms with Crippen LogP contribution in [0.5, 0.6) is 0 Å². The topological polar surface area (TPSA) is 141 Å². The lowest BCUT2D eigenvalue weighted by Crippen LogP contribution is -2.55. The van der Waals surface area contributed by atoms with Crippen molar-refractivity contribution < 1.29 is 14.4 Å². The van der Waals surface area contributed by atoms with Gasteiger partial charge in [0.05, 0.1) is 18.1 Å². The molecule has 3 amide bonds. The van der Waals surface area contributed by atoms with Crippen LogP contribution in [0, 0.1) is 91.7 Å². The second-order valence-corrected chi connectivity index (χ2v) is 40.9. The van der Waals surface area contributed by atoms with E-state index in [1.165, 1.54) is 239 Å². The molecule has 0 spiro atoms. The second-order valence-electron chi connectivity index (χ2n) is 40.9. The molecule has 9 unspecified atom stereocenters. The number of carbonyl (C=O) groups excluding carboxylic acids is 3. The number of nitrogens with one attached hydrogen (secondary N) is 3. The van der Waals surface area contributed by atoms with E-state index in [1.807, 2.05) is 0 Å². The van der Waals surface area contributed by atoms with Crippen LogP contribution >= 0.6 is 0 Å². The Hall–Kier alpha value is -3.96. The zero-order chi connectivity index (χ0) is 67.9. The molecule has 0 radical (unpaired) electrons. The normalized spacial score (nSPS) is 35.7. The highest BCUT2D eigenvalue weighted by Crippen LogP contribution is 2.64. The second kappa shape index (κ2) is 26.6. The van der Waals surface area contributed by atoms with Gasteiger partial charge in [0.2, 0.25) is 0 Å². The lowest BCUT2D eigenvalue weighted by Gasteiger charge is -2.59. The minimum Gasteiger partial charge on any atom is -0.348 e. The molecule has 3 heterocycles. The summed E-state index contributed by atoms with van der Waals surface area (Å²) in [7, 11) is 0. The Labute approximate surface area is 594 Å². The average molecular weight is 1350 g/mol. The van der Waals surface area contributed by atoms with Gasteiger partial charge in [0.15, 0.2) is 17.1 Å². The van der Waals surface area contributed by atoms with Gasteiger partial charge < -0.3 is 16.0 Å². The van der Waals surface area contributed by atoms with E-state index in [4.69, 9.17) is 15.3 Å². The number of amides is 3. The molecule has 10 bridgehead atoms. The lowest BCUT2D eigenvalue weighted by atomic mass is 9.48. The number of aromatic nitrogens is 6. The molecule has 0 aromatic carbocycles. The van der Waals surface area contributed by atoms with Gasteiger partial charge in [0, 0.05) is 51.4 Å². The monoisotopic (exact) mass is 1340 g/mol. The van der Waals surface area contributed by atoms with Crippen molar-refractivity contribution in [2.24, 2.45) is 91.7 Å². The van der Waals surface area contributed by atoms with Crippen LogP contribution in [0.25, 0.3) is 0 Å². The predicted molar refractivity (Wildman–Crippen MR) is 396 cm³/mol. The van der Waals surface area contributed by atoms with Crippen molar-refractivity contribution in [3.8, 4) is 0 Å². The Bertz CT molecular complexity index is 3340. The molecule has 16 aliphatic rings. The number of carbonyl (C=O) groups is 3. The summed E-state index contributed by atoms with van der Waals surface area (Å²) in [6.07, 6.45) is 47.8. The summed E-state index contributed by atoms with van der Waals surface area (Å²) < 4.78 is 6.98. The third-order valence-corrected chi connectivity index (χ3v) is 31.2. The molecule has 13 saturated carbocycles. The first-order valence-electron chi connectivity index (χ1n) is 41.3. The molecule has 16 aliphatic carbocycles. The number of rotatable bonds is 10. The summed E-state index contributed by atoms with van der Waals surface area (Å²) in [6.45, 7) is 30.7. The molecule has 98 heavy (non-hydrogen) atoms. The van der Waals surface area contributed by atoms with Gasteiger partial charge in [-0.3, -0.25) is 28.4 Å². The molecule has 0 saturated heterocycles. The fourth-order valence-electron chi connectivity index (χ4n) is 25.8. The maximum Gasteiger partial charge on any atom is 0.272 e. The standard InChI is InChI=1S/C30H47N3O.C28H45N3O.C27H41N3O.CH4/c1-19(30-16-20-12-21(17-30)14-22(13-20)18-30)31-28(34)27-25-15-23(29(2,3)4)10-11-26(25)33(32-27)24-8-6-5-7-9-24;1-26(2,3)18-12-13-22-21(16-18)23(30-31(22)20-10-8-7-9-11-20)24(32)29-25-27(4,5)19-14-15-28(25,6)17-19;1-26(2,3)19-9-10-23-22(14-19)24(29-30(23)21-7-5-4-6-8-21)25(31)28-27-15-17-11-18(16-27)13-20(27)12-17;/h19-24H,5-18H2,1-4H3,(H,31,34);18-20,25H,7-17H2,1-6H3,(H,29,32);17-21H,4-16H2,1-3H3,(H,28,31);1H4. The molecule has 12 heteroatoms. The lowest BCUT2D eigenvalue weighted by molar-refractivity contribution is -0.0688. The van der Waals surface area contributed by atoms with Gasteiger partial charge in [-0.05, 0) is 285 Å². The Morgan fingerprint density at radius 1 is 0.449 bits per heavy atom. The van der Waals surface area contributed by atoms with Crippen molar-refractivity contribution in [2.75, 3.05) is 0 Å². The molecule has 9 atom stereocenters. The van der Waals surface area contributed by atoms with Crippen molar-refractivity contribution >= 4 is 17.7 Å². The Morgan fingerprint density at radius 3 is 1.18 bits per heavy atom. The molecule has 3 aromatic heterocycles. The zero-order valence-electron chi connectivity index (χ0n) is 63.4. The SMILES string of the molecule is C.CC(C)(C)C1CCc2c(c(C(=O)NC34CC5CC(CC3C5)C4)nn2C2CCCCC2)C1.CC(C)(C)C1CCc2c(c(C(=O)NC3C4(C)CCC(C4)C3(C)C)nn2C2CCCCC2)C1.CC(NC(=O)c1nn(C2CCCCC2)c2c1CC(C(C)(C)C)CC2)C12CC3CC(CC(C3)C1)C2. The quantitative estimate of drug-likeness (QED) is 0.185. The van der Waals surface area contributed by atoms with Gasteiger partial charge in [-0.15, -0.1) is 0 Å². The molecule has 3 aromatic rings. The fourth-order valence-corrected chi connectivity index (χ4v) is 25.8. The van der Waals surface area contributed by atoms with Crippen LogP contribution in [-0.4, -0.2) is 64.7 Å². The van der Waals surface area contributed by atoms with Crippen LogP contribution in [0.4, 0.5) is 0 Å². The van der Waals surface area contributed by atoms with Crippen molar-refractivity contribution in [2.45, 2.75) is 377 Å². The maximum atomic E-state index is 13.9. The summed E-state index contributed by atoms with van der Waals surface area (Å²) in [5, 5.41) is 26.1. The number of hydrogen-bond donors (Lipinski definition) is 3. The largest absolute Gasteiger partial charge is 0.348 e. The van der Waals surface area contributed by atoms with Crippen LogP contribution in [0.3, 0.4) is 0 Å². The fraction of sp³-hybridized carbons (Fsp3) is 0.860. The van der Waals surface area contributed by atoms with Crippen molar-refractivity contribution in [3.63, 3.8) is 0 Å². The van der Waals surface area contributed by atoms with E-state index in [9.17, 15) is 14.4 Å². The van der Waals surface area contributed by atoms with Crippen LogP contribution in [0.2, 0.25) is 0 Å². The smallest absolute Gasteiger partial charge is 0.272 e. The van der Waals surface area contributed by atoms with Gasteiger partial charge in [0.1, 0.15) is 0 Å². The highest BCUT2D eigenvalue weighted by atomic mass is 16.2. The summed E-state index contributed by atoms with van der Waals surface area (Å²) >= 11 is 0. The minimum absolute atomic E-state index is 0. The van der Waals surface area contributed by atoms with Gasteiger partial charge in [0.25, 0.3) is 17.7 Å². The van der Waals surface area contributed by atoms with Crippen LogP contribution in [-0.2, 0) is 38.5 Å². The molecular formula is C86H137N9O3. The molecule has 13 fully saturated rings. The van der Waals surface area contributed by atoms with Gasteiger partial charge in [-0.2, -0.15) is 15.3 Å². The van der Waals surface area contributed by atoms with Crippen LogP contribution < -0.4 is 16.0 Å². The summed E-state index contributed by atoms with van der Waals surface area (Å²) in [4.78, 5) is 41.5. The first-order valence-corrected chi connectivity index (χ1v) is 41.3. The van der Waals surface area contributed by atoms with E-state index in [1.54, 1.807) is 0 Å². The van der Waals surface area contributed by atoms with E-state index in [0.717, 1.165) is 97.0 Å². The number of hydrogen-bond acceptors (Lipinski definition) is 6. The number of fused-ring (bicyclic) bond motifs is 5. The van der Waals surface area contributed by atoms with E-state index < -0.39 is 0 Å². The Morgan fingerprint density at radius 2 is 0.816 bits per heavy atom. The predicted octanol–water partition coefficient (Wildman–Crippen LogP) is 19.8. The molecule has 0 aliphatic heterocycles. The van der Waals surface area contributed by atoms with Crippen LogP contribution in [0.1, 0.15) is 386 Å². The Balaban J connectivity index is 0.000000125. The highest BCUT2D eigenvalue weighted by molar-refractivity contribution is 5.96. The molecule has 3 N–H and O–H groups in total. The molecule has 12 nitrogen and oxygen atoms in total. The van der Waals surface area contributed by atoms with Gasteiger partial charge >= 0.3 is 0 Å². The number of nitrogens with zero attached hydrogens (tertiary/aromatic N) is 6. The summed E-state index contributed by atoms with van der Waals surface area (Å²) in [6, 6.07) is 1.99. The third kappa shape index (κ3) is 13.2. The molecule has 544 valence electrons. The Kier molecular flexibility index (Phi) is 19.3. The van der Waals surface area contributed by atoms with Crippen molar-refractivity contribution in [1.29, 1.82) is 0 Å². The van der Waals surface area contributed by atoms with E-state index in [0.29, 0.717) is 41.3 Å².